The first-order chi connectivity index (χ1) is 5.74. The quantitative estimate of drug-likeness (QED) is 0.301. The summed E-state index contributed by atoms with van der Waals surface area (Å²) in [5.41, 5.74) is 0. The maximum atomic E-state index is 10.5. The number of nitrogens with zero attached hydrogens (tertiary/aromatic N) is 1. The van der Waals surface area contributed by atoms with Crippen LogP contribution in [0, 0.1) is 0 Å². The number of nitrogens with one attached hydrogen (secondary N) is 1. The van der Waals surface area contributed by atoms with Gasteiger partial charge in [-0.05, 0) is 12.1 Å². The molecule has 0 aromatic carbocycles. The van der Waals surface area contributed by atoms with Crippen molar-refractivity contribution < 1.29 is 14.4 Å². The minimum absolute atomic E-state index is 0.418. The van der Waals surface area contributed by atoms with Gasteiger partial charge in [-0.1, -0.05) is 6.92 Å². The lowest BCUT2D eigenvalue weighted by Crippen LogP contribution is -2.18. The molecule has 70 valence electrons. The molecule has 5 heteroatoms. The van der Waals surface area contributed by atoms with Crippen LogP contribution >= 0.6 is 0 Å². The number of hydrogen-bond acceptors (Lipinski definition) is 4. The summed E-state index contributed by atoms with van der Waals surface area (Å²) in [6.07, 6.45) is 0.00540. The maximum Gasteiger partial charge on any atom is 0.433 e. The molecule has 0 unspecified atom stereocenters. The van der Waals surface area contributed by atoms with Gasteiger partial charge in [-0.3, -0.25) is 4.84 Å². The molecule has 12 heavy (non-hydrogen) atoms. The lowest BCUT2D eigenvalue weighted by Gasteiger charge is -2.02. The van der Waals surface area contributed by atoms with Gasteiger partial charge in [0.1, 0.15) is 0 Å². The van der Waals surface area contributed by atoms with Gasteiger partial charge in [0, 0.05) is 13.5 Å². The summed E-state index contributed by atoms with van der Waals surface area (Å²) in [6, 6.07) is 0. The van der Waals surface area contributed by atoms with Gasteiger partial charge in [0.15, 0.2) is 0 Å². The van der Waals surface area contributed by atoms with Crippen molar-refractivity contribution in [2.75, 3.05) is 13.7 Å². The maximum absolute atomic E-state index is 10.5. The average molecular weight is 174 g/mol. The zero-order valence-corrected chi connectivity index (χ0v) is 7.59. The van der Waals surface area contributed by atoms with Crippen molar-refractivity contribution in [3.63, 3.8) is 0 Å². The van der Waals surface area contributed by atoms with E-state index < -0.39 is 6.09 Å². The summed E-state index contributed by atoms with van der Waals surface area (Å²) in [5, 5.41) is 5.75. The number of rotatable bonds is 3. The molecule has 0 saturated heterocycles. The number of ether oxygens (including phenoxy) is 1. The number of amides is 1. The molecule has 5 nitrogen and oxygen atoms in total. The second-order valence-electron chi connectivity index (χ2n) is 1.90. The SMILES string of the molecule is CCOC(CC)=NOC(=O)NC. The topological polar surface area (TPSA) is 59.9 Å². The summed E-state index contributed by atoms with van der Waals surface area (Å²) in [4.78, 5) is 15.0. The average Bonchev–Trinajstić information content (AvgIpc) is 2.11. The Kier molecular flexibility index (Phi) is 5.77. The van der Waals surface area contributed by atoms with Crippen molar-refractivity contribution >= 4 is 12.0 Å². The highest BCUT2D eigenvalue weighted by Gasteiger charge is 1.99. The van der Waals surface area contributed by atoms with Crippen LogP contribution in [-0.4, -0.2) is 25.6 Å². The summed E-state index contributed by atoms with van der Waals surface area (Å²) in [7, 11) is 1.46. The van der Waals surface area contributed by atoms with E-state index in [0.717, 1.165) is 0 Å². The van der Waals surface area contributed by atoms with Crippen LogP contribution in [0.1, 0.15) is 20.3 Å². The van der Waals surface area contributed by atoms with Crippen molar-refractivity contribution in [1.82, 2.24) is 5.32 Å². The smallest absolute Gasteiger partial charge is 0.433 e. The Balaban J connectivity index is 3.84. The molecular weight excluding hydrogens is 160 g/mol. The molecule has 1 N–H and O–H groups in total. The van der Waals surface area contributed by atoms with E-state index in [-0.39, 0.29) is 0 Å². The number of carbonyl (C=O) groups excluding carboxylic acids is 1. The van der Waals surface area contributed by atoms with E-state index in [1.54, 1.807) is 0 Å². The first kappa shape index (κ1) is 10.7. The van der Waals surface area contributed by atoms with Gasteiger partial charge in [-0.2, -0.15) is 0 Å². The van der Waals surface area contributed by atoms with E-state index in [1.807, 2.05) is 13.8 Å². The fraction of sp³-hybridized carbons (Fsp3) is 0.714. The molecule has 0 spiro atoms. The van der Waals surface area contributed by atoms with Gasteiger partial charge >= 0.3 is 6.09 Å². The predicted octanol–water partition coefficient (Wildman–Crippen LogP) is 1.10. The third-order valence-electron chi connectivity index (χ3n) is 1.05. The Labute approximate surface area is 71.7 Å². The van der Waals surface area contributed by atoms with Crippen molar-refractivity contribution in [2.24, 2.45) is 5.16 Å². The molecule has 0 rings (SSSR count). The summed E-state index contributed by atoms with van der Waals surface area (Å²) < 4.78 is 5.03. The summed E-state index contributed by atoms with van der Waals surface area (Å²) in [5.74, 6) is 0.418. The summed E-state index contributed by atoms with van der Waals surface area (Å²) >= 11 is 0. The molecule has 0 fully saturated rings. The van der Waals surface area contributed by atoms with Crippen LogP contribution in [0.5, 0.6) is 0 Å². The minimum Gasteiger partial charge on any atom is -0.479 e. The van der Waals surface area contributed by atoms with Crippen molar-refractivity contribution in [3.8, 4) is 0 Å². The Morgan fingerprint density at radius 3 is 2.58 bits per heavy atom. The van der Waals surface area contributed by atoms with E-state index in [4.69, 9.17) is 4.74 Å². The molecule has 0 saturated carbocycles. The normalized spacial score (nSPS) is 10.8. The molecule has 0 aliphatic carbocycles. The van der Waals surface area contributed by atoms with Crippen LogP contribution in [-0.2, 0) is 9.57 Å². The Morgan fingerprint density at radius 2 is 2.17 bits per heavy atom. The van der Waals surface area contributed by atoms with E-state index in [0.29, 0.717) is 18.9 Å². The molecule has 1 amide bonds. The Morgan fingerprint density at radius 1 is 1.50 bits per heavy atom. The highest BCUT2D eigenvalue weighted by Crippen LogP contribution is 1.90. The van der Waals surface area contributed by atoms with Gasteiger partial charge in [0.2, 0.25) is 5.90 Å². The van der Waals surface area contributed by atoms with E-state index in [9.17, 15) is 4.79 Å². The van der Waals surface area contributed by atoms with Crippen molar-refractivity contribution in [2.45, 2.75) is 20.3 Å². The number of carbonyl (C=O) groups is 1. The van der Waals surface area contributed by atoms with Crippen LogP contribution in [0.4, 0.5) is 4.79 Å². The molecule has 0 aliphatic rings. The lowest BCUT2D eigenvalue weighted by atomic mass is 10.5. The fourth-order valence-corrected chi connectivity index (χ4v) is 0.498. The van der Waals surface area contributed by atoms with Crippen LogP contribution in [0.3, 0.4) is 0 Å². The first-order valence-electron chi connectivity index (χ1n) is 3.82. The van der Waals surface area contributed by atoms with Gasteiger partial charge in [-0.25, -0.2) is 4.79 Å². The van der Waals surface area contributed by atoms with Crippen LogP contribution in [0.25, 0.3) is 0 Å². The number of hydrogen-bond donors (Lipinski definition) is 1. The van der Waals surface area contributed by atoms with Gasteiger partial charge in [0.25, 0.3) is 0 Å². The zero-order valence-electron chi connectivity index (χ0n) is 7.59. The second-order valence-corrected chi connectivity index (χ2v) is 1.90. The summed E-state index contributed by atoms with van der Waals surface area (Å²) in [6.45, 7) is 4.22. The van der Waals surface area contributed by atoms with Crippen molar-refractivity contribution in [3.05, 3.63) is 0 Å². The Bertz CT molecular complexity index is 168. The van der Waals surface area contributed by atoms with Gasteiger partial charge in [-0.15, -0.1) is 0 Å². The fourth-order valence-electron chi connectivity index (χ4n) is 0.498. The molecule has 0 radical (unpaired) electrons. The highest BCUT2D eigenvalue weighted by atomic mass is 16.7. The molecule has 0 aromatic rings. The van der Waals surface area contributed by atoms with Crippen LogP contribution < -0.4 is 5.32 Å². The molecule has 0 aliphatic heterocycles. The Hall–Kier alpha value is -1.26. The molecule has 0 heterocycles. The lowest BCUT2D eigenvalue weighted by molar-refractivity contribution is 0.146. The van der Waals surface area contributed by atoms with Gasteiger partial charge in [0.05, 0.1) is 6.61 Å². The third-order valence-corrected chi connectivity index (χ3v) is 1.05. The van der Waals surface area contributed by atoms with Crippen molar-refractivity contribution in [1.29, 1.82) is 0 Å². The largest absolute Gasteiger partial charge is 0.479 e. The molecule has 0 aromatic heterocycles. The first-order valence-corrected chi connectivity index (χ1v) is 3.82. The molecular formula is C7H14N2O3. The minimum atomic E-state index is -0.597. The highest BCUT2D eigenvalue weighted by molar-refractivity contribution is 5.76. The van der Waals surface area contributed by atoms with E-state index >= 15 is 0 Å². The standard InChI is InChI=1S/C7H14N2O3/c1-4-6(11-5-2)9-12-7(10)8-3/h4-5H2,1-3H3,(H,8,10). The van der Waals surface area contributed by atoms with Crippen LogP contribution in [0.2, 0.25) is 0 Å². The van der Waals surface area contributed by atoms with Crippen LogP contribution in [0.15, 0.2) is 5.16 Å². The van der Waals surface area contributed by atoms with E-state index in [1.165, 1.54) is 7.05 Å². The number of oxime groups is 1. The predicted molar refractivity (Wildman–Crippen MR) is 44.9 cm³/mol. The van der Waals surface area contributed by atoms with Gasteiger partial charge < -0.3 is 10.1 Å². The monoisotopic (exact) mass is 174 g/mol. The second kappa shape index (κ2) is 6.45. The molecule has 0 bridgehead atoms. The van der Waals surface area contributed by atoms with E-state index in [2.05, 4.69) is 15.3 Å². The third kappa shape index (κ3) is 4.54. The molecule has 0 atom stereocenters. The zero-order chi connectivity index (χ0) is 9.40.